The molecule has 3 aromatic rings. The van der Waals surface area contributed by atoms with Gasteiger partial charge in [-0.05, 0) is 60.2 Å². The number of ether oxygens (including phenoxy) is 1. The van der Waals surface area contributed by atoms with E-state index in [4.69, 9.17) is 16.3 Å². The van der Waals surface area contributed by atoms with E-state index in [1.807, 2.05) is 0 Å². The van der Waals surface area contributed by atoms with Gasteiger partial charge in [0.1, 0.15) is 17.3 Å². The number of aromatic hydroxyl groups is 1. The number of ketones is 1. The minimum absolute atomic E-state index is 0.00109. The van der Waals surface area contributed by atoms with Crippen LogP contribution in [0.25, 0.3) is 5.76 Å². The van der Waals surface area contributed by atoms with Gasteiger partial charge in [-0.25, -0.2) is 0 Å². The molecule has 3 aromatic carbocycles. The Labute approximate surface area is 202 Å². The number of nitrogens with zero attached hydrogens (tertiary/aromatic N) is 1. The van der Waals surface area contributed by atoms with E-state index in [0.717, 1.165) is 29.2 Å². The largest absolute Gasteiger partial charge is 0.508 e. The van der Waals surface area contributed by atoms with E-state index >= 15 is 0 Å². The summed E-state index contributed by atoms with van der Waals surface area (Å²) in [5.41, 5.74) is -0.862. The van der Waals surface area contributed by atoms with Crippen LogP contribution in [0.5, 0.6) is 11.5 Å². The molecule has 0 aromatic heterocycles. The molecule has 180 valence electrons. The molecule has 1 amide bonds. The van der Waals surface area contributed by atoms with Crippen molar-refractivity contribution in [2.75, 3.05) is 12.0 Å². The van der Waals surface area contributed by atoms with Gasteiger partial charge in [-0.2, -0.15) is 13.2 Å². The third-order valence-corrected chi connectivity index (χ3v) is 5.84. The molecule has 0 spiro atoms. The number of phenolic OH excluding ortho intramolecular Hbond substituents is 1. The van der Waals surface area contributed by atoms with Crippen LogP contribution < -0.4 is 9.64 Å². The molecule has 0 aliphatic carbocycles. The van der Waals surface area contributed by atoms with Gasteiger partial charge in [0.2, 0.25) is 0 Å². The second kappa shape index (κ2) is 8.99. The van der Waals surface area contributed by atoms with Crippen molar-refractivity contribution in [3.8, 4) is 11.5 Å². The van der Waals surface area contributed by atoms with Gasteiger partial charge in [0.15, 0.2) is 0 Å². The van der Waals surface area contributed by atoms with E-state index in [9.17, 15) is 33.0 Å². The van der Waals surface area contributed by atoms with Crippen LogP contribution >= 0.6 is 11.6 Å². The highest BCUT2D eigenvalue weighted by Crippen LogP contribution is 2.44. The number of anilines is 1. The maximum absolute atomic E-state index is 13.1. The van der Waals surface area contributed by atoms with Crippen LogP contribution in [0.4, 0.5) is 18.9 Å². The quantitative estimate of drug-likeness (QED) is 0.271. The Morgan fingerprint density at radius 2 is 1.71 bits per heavy atom. The van der Waals surface area contributed by atoms with Gasteiger partial charge in [0.05, 0.1) is 29.3 Å². The number of carbonyl (C=O) groups is 2. The number of Topliss-reactive ketones (excluding diaryl/α,β-unsaturated/α-hetero) is 1. The molecular formula is C25H17ClF3NO5. The molecule has 1 atom stereocenters. The number of aliphatic hydroxyl groups excluding tert-OH is 1. The predicted molar refractivity (Wildman–Crippen MR) is 122 cm³/mol. The fourth-order valence-corrected chi connectivity index (χ4v) is 4.08. The third-order valence-electron chi connectivity index (χ3n) is 5.53. The summed E-state index contributed by atoms with van der Waals surface area (Å²) in [7, 11) is 1.36. The zero-order chi connectivity index (χ0) is 25.5. The van der Waals surface area contributed by atoms with Crippen LogP contribution in [-0.2, 0) is 15.8 Å². The molecule has 10 heteroatoms. The second-order valence-corrected chi connectivity index (χ2v) is 8.07. The van der Waals surface area contributed by atoms with E-state index in [-0.39, 0.29) is 38.9 Å². The van der Waals surface area contributed by atoms with E-state index in [2.05, 4.69) is 0 Å². The molecule has 1 aliphatic heterocycles. The number of amides is 1. The number of rotatable bonds is 4. The average molecular weight is 504 g/mol. The summed E-state index contributed by atoms with van der Waals surface area (Å²) < 4.78 is 44.3. The molecule has 0 radical (unpaired) electrons. The summed E-state index contributed by atoms with van der Waals surface area (Å²) in [6, 6.07) is 12.4. The van der Waals surface area contributed by atoms with Gasteiger partial charge in [0.25, 0.3) is 11.7 Å². The normalized spacial score (nSPS) is 17.6. The van der Waals surface area contributed by atoms with Crippen LogP contribution in [0, 0.1) is 0 Å². The van der Waals surface area contributed by atoms with Gasteiger partial charge < -0.3 is 14.9 Å². The van der Waals surface area contributed by atoms with Crippen molar-refractivity contribution in [3.63, 3.8) is 0 Å². The first-order valence-electron chi connectivity index (χ1n) is 10.1. The number of hydrogen-bond donors (Lipinski definition) is 2. The zero-order valence-corrected chi connectivity index (χ0v) is 18.8. The Morgan fingerprint density at radius 1 is 1.03 bits per heavy atom. The molecule has 6 nitrogen and oxygen atoms in total. The minimum Gasteiger partial charge on any atom is -0.508 e. The lowest BCUT2D eigenvalue weighted by Crippen LogP contribution is -2.29. The number of aliphatic hydroxyl groups is 1. The van der Waals surface area contributed by atoms with Crippen molar-refractivity contribution in [1.82, 2.24) is 0 Å². The van der Waals surface area contributed by atoms with Crippen molar-refractivity contribution < 1.29 is 37.7 Å². The van der Waals surface area contributed by atoms with Crippen LogP contribution in [-0.4, -0.2) is 29.0 Å². The first-order chi connectivity index (χ1) is 16.5. The maximum atomic E-state index is 13.1. The summed E-state index contributed by atoms with van der Waals surface area (Å²) in [5.74, 6) is -2.61. The van der Waals surface area contributed by atoms with Crippen LogP contribution in [0.1, 0.15) is 22.7 Å². The highest BCUT2D eigenvalue weighted by atomic mass is 35.5. The van der Waals surface area contributed by atoms with Crippen molar-refractivity contribution in [2.45, 2.75) is 12.2 Å². The van der Waals surface area contributed by atoms with Crippen LogP contribution in [0.3, 0.4) is 0 Å². The third kappa shape index (κ3) is 4.42. The maximum Gasteiger partial charge on any atom is 0.416 e. The number of phenols is 1. The number of halogens is 4. The molecule has 0 saturated carbocycles. The Hall–Kier alpha value is -3.98. The highest BCUT2D eigenvalue weighted by Gasteiger charge is 2.47. The molecule has 4 rings (SSSR count). The Morgan fingerprint density at radius 3 is 2.31 bits per heavy atom. The summed E-state index contributed by atoms with van der Waals surface area (Å²) in [5, 5.41) is 21.4. The van der Waals surface area contributed by atoms with E-state index in [1.165, 1.54) is 49.6 Å². The minimum atomic E-state index is -4.59. The van der Waals surface area contributed by atoms with E-state index < -0.39 is 35.2 Å². The Balaban J connectivity index is 1.92. The predicted octanol–water partition coefficient (Wildman–Crippen LogP) is 5.70. The first kappa shape index (κ1) is 24.2. The van der Waals surface area contributed by atoms with Gasteiger partial charge in [-0.1, -0.05) is 23.7 Å². The Bertz CT molecular complexity index is 1350. The molecule has 1 aliphatic rings. The van der Waals surface area contributed by atoms with Gasteiger partial charge >= 0.3 is 6.18 Å². The van der Waals surface area contributed by atoms with E-state index in [0.29, 0.717) is 0 Å². The summed E-state index contributed by atoms with van der Waals surface area (Å²) in [6.07, 6.45) is -4.59. The number of alkyl halides is 3. The lowest BCUT2D eigenvalue weighted by Gasteiger charge is -2.26. The van der Waals surface area contributed by atoms with Crippen molar-refractivity contribution in [3.05, 3.63) is 94.0 Å². The molecule has 0 bridgehead atoms. The lowest BCUT2D eigenvalue weighted by atomic mass is 9.95. The average Bonchev–Trinajstić information content (AvgIpc) is 3.09. The molecule has 1 unspecified atom stereocenters. The van der Waals surface area contributed by atoms with E-state index in [1.54, 1.807) is 0 Å². The van der Waals surface area contributed by atoms with Gasteiger partial charge in [-0.15, -0.1) is 0 Å². The lowest BCUT2D eigenvalue weighted by molar-refractivity contribution is -0.137. The van der Waals surface area contributed by atoms with Crippen LogP contribution in [0.2, 0.25) is 5.02 Å². The standard InChI is InChI=1S/C25H17ClF3NO5/c1-35-19-12-14(5-10-18(19)26)22(32)20-21(13-3-2-4-17(31)11-13)30(24(34)23(20)33)16-8-6-15(7-9-16)25(27,28)29/h2-12,21,31-32H,1H3/b22-20-. The first-order valence-corrected chi connectivity index (χ1v) is 10.5. The van der Waals surface area contributed by atoms with Gasteiger partial charge in [-0.3, -0.25) is 14.5 Å². The van der Waals surface area contributed by atoms with Crippen molar-refractivity contribution >= 4 is 34.7 Å². The number of hydrogen-bond acceptors (Lipinski definition) is 5. The second-order valence-electron chi connectivity index (χ2n) is 7.66. The fourth-order valence-electron chi connectivity index (χ4n) is 3.88. The van der Waals surface area contributed by atoms with Gasteiger partial charge in [0, 0.05) is 11.3 Å². The topological polar surface area (TPSA) is 87.1 Å². The Kier molecular flexibility index (Phi) is 6.21. The summed E-state index contributed by atoms with van der Waals surface area (Å²) >= 11 is 6.04. The molecule has 35 heavy (non-hydrogen) atoms. The van der Waals surface area contributed by atoms with Crippen LogP contribution in [0.15, 0.2) is 72.3 Å². The molecule has 2 N–H and O–H groups in total. The number of methoxy groups -OCH3 is 1. The SMILES string of the molecule is COc1cc(/C(O)=C2/C(=O)C(=O)N(c3ccc(C(F)(F)F)cc3)C2c2cccc(O)c2)ccc1Cl. The molecule has 1 saturated heterocycles. The summed E-state index contributed by atoms with van der Waals surface area (Å²) in [4.78, 5) is 27.2. The fraction of sp³-hybridized carbons (Fsp3) is 0.120. The van der Waals surface area contributed by atoms with Crippen molar-refractivity contribution in [1.29, 1.82) is 0 Å². The van der Waals surface area contributed by atoms with Crippen molar-refractivity contribution in [2.24, 2.45) is 0 Å². The monoisotopic (exact) mass is 503 g/mol. The smallest absolute Gasteiger partial charge is 0.416 e. The molecule has 1 fully saturated rings. The highest BCUT2D eigenvalue weighted by molar-refractivity contribution is 6.51. The number of carbonyl (C=O) groups excluding carboxylic acids is 2. The molecule has 1 heterocycles. The molecular weight excluding hydrogens is 487 g/mol. The number of benzene rings is 3. The zero-order valence-electron chi connectivity index (χ0n) is 18.0. The summed E-state index contributed by atoms with van der Waals surface area (Å²) in [6.45, 7) is 0.